The van der Waals surface area contributed by atoms with E-state index in [-0.39, 0.29) is 0 Å². The maximum absolute atomic E-state index is 13.9. The Hall–Kier alpha value is -2.04. The van der Waals surface area contributed by atoms with Crippen molar-refractivity contribution in [1.82, 2.24) is 0 Å². The Morgan fingerprint density at radius 3 is 0.976 bits per heavy atom. The van der Waals surface area contributed by atoms with E-state index in [1.165, 1.54) is 13.8 Å². The molecule has 0 spiro atoms. The zero-order valence-corrected chi connectivity index (χ0v) is 24.8. The molecule has 0 bridgehead atoms. The summed E-state index contributed by atoms with van der Waals surface area (Å²) in [5.74, 6) is -20.7. The van der Waals surface area contributed by atoms with Crippen molar-refractivity contribution in [2.24, 2.45) is 0 Å². The lowest BCUT2D eigenvalue weighted by Crippen LogP contribution is -2.20. The predicted octanol–water partition coefficient (Wildman–Crippen LogP) is 3.68. The van der Waals surface area contributed by atoms with Gasteiger partial charge in [-0.05, 0) is 0 Å². The SMILES string of the molecule is CC(C)Sc1c(F)c(F)c(S(=O)(=O)CS(C)(=O)=O)c(F)c1F.CS(=O)(=O)CS(=O)(=O)c1c(F)c(F)c(F)c(F)c1F. The average molecular weight is 705 g/mol. The van der Waals surface area contributed by atoms with E-state index in [1.807, 2.05) is 0 Å². The van der Waals surface area contributed by atoms with E-state index in [2.05, 4.69) is 0 Å². The molecular formula is C19H17F9O8S5. The van der Waals surface area contributed by atoms with Crippen molar-refractivity contribution in [3.8, 4) is 0 Å². The van der Waals surface area contributed by atoms with Crippen molar-refractivity contribution in [2.75, 3.05) is 22.7 Å². The summed E-state index contributed by atoms with van der Waals surface area (Å²) in [5.41, 5.74) is 0. The molecule has 0 fully saturated rings. The molecule has 2 aromatic rings. The zero-order chi connectivity index (χ0) is 32.6. The van der Waals surface area contributed by atoms with Crippen LogP contribution in [0.25, 0.3) is 0 Å². The molecule has 0 aliphatic carbocycles. The minimum absolute atomic E-state index is 0.427. The molecule has 0 radical (unpaired) electrons. The van der Waals surface area contributed by atoms with Crippen molar-refractivity contribution in [3.63, 3.8) is 0 Å². The zero-order valence-electron chi connectivity index (χ0n) is 20.7. The molecule has 41 heavy (non-hydrogen) atoms. The summed E-state index contributed by atoms with van der Waals surface area (Å²) in [6.07, 6.45) is 0.937. The Morgan fingerprint density at radius 2 is 0.732 bits per heavy atom. The van der Waals surface area contributed by atoms with Crippen LogP contribution < -0.4 is 0 Å². The van der Waals surface area contributed by atoms with Gasteiger partial charge in [0.1, 0.15) is 9.79 Å². The lowest BCUT2D eigenvalue weighted by Gasteiger charge is -2.13. The lowest BCUT2D eigenvalue weighted by molar-refractivity contribution is 0.358. The van der Waals surface area contributed by atoms with Gasteiger partial charge >= 0.3 is 0 Å². The number of rotatable bonds is 8. The standard InChI is InChI=1S/C11H12F4O4S3.C8H5F5O4S2/c1-5(2)20-10-6(12)8(14)11(9(15)7(10)13)22(18,19)4-21(3,16)17;1-18(14,15)2-19(16,17)8-6(12)4(10)3(9)5(11)7(8)13/h5H,4H2,1-3H3;2H2,1H3. The van der Waals surface area contributed by atoms with Crippen LogP contribution in [0, 0.1) is 52.4 Å². The van der Waals surface area contributed by atoms with Crippen LogP contribution in [0.4, 0.5) is 39.5 Å². The third-order valence-electron chi connectivity index (χ3n) is 4.07. The highest BCUT2D eigenvalue weighted by atomic mass is 32.3. The van der Waals surface area contributed by atoms with Gasteiger partial charge in [0.25, 0.3) is 0 Å². The van der Waals surface area contributed by atoms with Gasteiger partial charge in [-0.25, -0.2) is 73.2 Å². The first-order chi connectivity index (χ1) is 18.2. The molecule has 0 aliphatic heterocycles. The van der Waals surface area contributed by atoms with Crippen LogP contribution in [0.3, 0.4) is 0 Å². The van der Waals surface area contributed by atoms with Gasteiger partial charge in [0.05, 0.1) is 4.90 Å². The van der Waals surface area contributed by atoms with Crippen LogP contribution in [-0.2, 0) is 39.3 Å². The third kappa shape index (κ3) is 8.97. The molecular weight excluding hydrogens is 688 g/mol. The van der Waals surface area contributed by atoms with E-state index in [1.54, 1.807) is 0 Å². The van der Waals surface area contributed by atoms with Crippen LogP contribution in [-0.4, -0.2) is 61.6 Å². The molecule has 234 valence electrons. The van der Waals surface area contributed by atoms with Gasteiger partial charge in [-0.1, -0.05) is 13.8 Å². The summed E-state index contributed by atoms with van der Waals surface area (Å²) in [6.45, 7) is 3.02. The Balaban J connectivity index is 0.000000414. The molecule has 8 nitrogen and oxygen atoms in total. The first-order valence-corrected chi connectivity index (χ1v) is 18.3. The highest BCUT2D eigenvalue weighted by Crippen LogP contribution is 2.36. The largest absolute Gasteiger partial charge is 0.228 e. The van der Waals surface area contributed by atoms with Crippen molar-refractivity contribution in [1.29, 1.82) is 0 Å². The lowest BCUT2D eigenvalue weighted by atomic mass is 10.3. The number of benzene rings is 2. The van der Waals surface area contributed by atoms with Crippen LogP contribution in [0.15, 0.2) is 14.7 Å². The predicted molar refractivity (Wildman–Crippen MR) is 127 cm³/mol. The number of hydrogen-bond donors (Lipinski definition) is 0. The van der Waals surface area contributed by atoms with E-state index < -0.39 is 122 Å². The third-order valence-corrected chi connectivity index (χ3v) is 13.0. The smallest absolute Gasteiger partial charge is 0.200 e. The van der Waals surface area contributed by atoms with Crippen LogP contribution in [0.2, 0.25) is 0 Å². The molecule has 2 aromatic carbocycles. The Morgan fingerprint density at radius 1 is 0.488 bits per heavy atom. The van der Waals surface area contributed by atoms with Crippen LogP contribution in [0.1, 0.15) is 13.8 Å². The molecule has 0 aromatic heterocycles. The molecule has 0 heterocycles. The van der Waals surface area contributed by atoms with E-state index >= 15 is 0 Å². The molecule has 0 N–H and O–H groups in total. The minimum Gasteiger partial charge on any atom is -0.228 e. The minimum atomic E-state index is -5.23. The summed E-state index contributed by atoms with van der Waals surface area (Å²) in [4.78, 5) is -5.07. The van der Waals surface area contributed by atoms with Crippen molar-refractivity contribution in [2.45, 2.75) is 33.8 Å². The fourth-order valence-electron chi connectivity index (χ4n) is 2.74. The maximum atomic E-state index is 13.9. The summed E-state index contributed by atoms with van der Waals surface area (Å²) >= 11 is 0.469. The van der Waals surface area contributed by atoms with E-state index in [0.717, 1.165) is 0 Å². The summed E-state index contributed by atoms with van der Waals surface area (Å²) < 4.78 is 210. The maximum Gasteiger partial charge on any atom is 0.200 e. The molecule has 0 amide bonds. The van der Waals surface area contributed by atoms with E-state index in [9.17, 15) is 73.2 Å². The van der Waals surface area contributed by atoms with Gasteiger partial charge in [0.2, 0.25) is 5.82 Å². The number of halogens is 9. The normalized spacial score (nSPS) is 12.8. The second-order valence-electron chi connectivity index (χ2n) is 8.30. The van der Waals surface area contributed by atoms with Crippen molar-refractivity contribution < 1.29 is 73.2 Å². The number of hydrogen-bond acceptors (Lipinski definition) is 9. The topological polar surface area (TPSA) is 137 Å². The number of thioether (sulfide) groups is 1. The fourth-order valence-corrected chi connectivity index (χ4v) is 10.5. The molecule has 0 saturated heterocycles. The van der Waals surface area contributed by atoms with Gasteiger partial charge in [-0.3, -0.25) is 0 Å². The van der Waals surface area contributed by atoms with Crippen molar-refractivity contribution >= 4 is 51.1 Å². The highest BCUT2D eigenvalue weighted by molar-refractivity contribution is 8.08. The monoisotopic (exact) mass is 704 g/mol. The summed E-state index contributed by atoms with van der Waals surface area (Å²) in [6, 6.07) is 0. The summed E-state index contributed by atoms with van der Waals surface area (Å²) in [5, 5.41) is -3.87. The van der Waals surface area contributed by atoms with E-state index in [0.29, 0.717) is 24.3 Å². The molecule has 2 rings (SSSR count). The molecule has 0 atom stereocenters. The second-order valence-corrected chi connectivity index (χ2v) is 18.7. The first kappa shape index (κ1) is 37.0. The Labute approximate surface area is 232 Å². The summed E-state index contributed by atoms with van der Waals surface area (Å²) in [7, 11) is -18.8. The molecule has 0 unspecified atom stereocenters. The number of sulfone groups is 4. The van der Waals surface area contributed by atoms with Gasteiger partial charge in [-0.15, -0.1) is 11.8 Å². The van der Waals surface area contributed by atoms with Crippen LogP contribution >= 0.6 is 11.8 Å². The quantitative estimate of drug-likeness (QED) is 0.133. The van der Waals surface area contributed by atoms with Crippen LogP contribution in [0.5, 0.6) is 0 Å². The molecule has 0 saturated carbocycles. The molecule has 0 aliphatic rings. The second kappa shape index (κ2) is 12.7. The van der Waals surface area contributed by atoms with Gasteiger partial charge in [0, 0.05) is 17.8 Å². The van der Waals surface area contributed by atoms with E-state index in [4.69, 9.17) is 0 Å². The Bertz CT molecular complexity index is 1750. The average Bonchev–Trinajstić information content (AvgIpc) is 2.74. The fraction of sp³-hybridized carbons (Fsp3) is 0.368. The highest BCUT2D eigenvalue weighted by Gasteiger charge is 2.36. The van der Waals surface area contributed by atoms with Gasteiger partial charge in [0.15, 0.2) is 96.1 Å². The van der Waals surface area contributed by atoms with Gasteiger partial charge < -0.3 is 0 Å². The van der Waals surface area contributed by atoms with Crippen molar-refractivity contribution in [3.05, 3.63) is 52.4 Å². The molecule has 22 heteroatoms. The Kier molecular flexibility index (Phi) is 11.4. The van der Waals surface area contributed by atoms with Gasteiger partial charge in [-0.2, -0.15) is 0 Å². The first-order valence-electron chi connectivity index (χ1n) is 10.0.